The van der Waals surface area contributed by atoms with Crippen LogP contribution in [0.1, 0.15) is 36.0 Å². The van der Waals surface area contributed by atoms with Crippen molar-refractivity contribution < 1.29 is 18.7 Å². The van der Waals surface area contributed by atoms with Gasteiger partial charge in [-0.3, -0.25) is 4.79 Å². The van der Waals surface area contributed by atoms with E-state index in [0.717, 1.165) is 37.9 Å². The van der Waals surface area contributed by atoms with Crippen molar-refractivity contribution in [3.8, 4) is 0 Å². The smallest absolute Gasteiger partial charge is 0.254 e. The molecule has 110 valence electrons. The number of carbonyl (C=O) groups is 1. The van der Waals surface area contributed by atoms with Crippen molar-refractivity contribution in [1.82, 2.24) is 10.3 Å². The maximum atomic E-state index is 13.4. The maximum absolute atomic E-state index is 13.4. The predicted octanol–water partition coefficient (Wildman–Crippen LogP) is 1.89. The zero-order valence-corrected chi connectivity index (χ0v) is 11.1. The molecule has 2 rings (SSSR count). The van der Waals surface area contributed by atoms with Crippen LogP contribution in [-0.4, -0.2) is 29.1 Å². The molecule has 4 nitrogen and oxygen atoms in total. The third kappa shape index (κ3) is 3.30. The van der Waals surface area contributed by atoms with Crippen LogP contribution in [-0.2, 0) is 0 Å². The Morgan fingerprint density at radius 1 is 1.35 bits per heavy atom. The van der Waals surface area contributed by atoms with Crippen LogP contribution in [0, 0.1) is 23.6 Å². The van der Waals surface area contributed by atoms with Gasteiger partial charge in [-0.2, -0.15) is 4.39 Å². The number of aliphatic hydroxyl groups excluding tert-OH is 1. The van der Waals surface area contributed by atoms with Gasteiger partial charge in [0, 0.05) is 19.3 Å². The van der Waals surface area contributed by atoms with Gasteiger partial charge in [-0.1, -0.05) is 12.8 Å². The summed E-state index contributed by atoms with van der Waals surface area (Å²) in [4.78, 5) is 15.0. The molecule has 0 saturated heterocycles. The quantitative estimate of drug-likeness (QED) is 0.830. The second kappa shape index (κ2) is 6.74. The highest BCUT2D eigenvalue weighted by atomic mass is 19.2. The van der Waals surface area contributed by atoms with Crippen LogP contribution in [0.15, 0.2) is 12.3 Å². The average molecular weight is 284 g/mol. The summed E-state index contributed by atoms with van der Waals surface area (Å²) in [5.41, 5.74) is -0.339. The number of aliphatic hydroxyl groups is 1. The number of rotatable bonds is 4. The molecular formula is C14H18F2N2O2. The number of nitrogens with one attached hydrogen (secondary N) is 1. The Bertz CT molecular complexity index is 482. The summed E-state index contributed by atoms with van der Waals surface area (Å²) >= 11 is 0. The molecule has 6 heteroatoms. The Kier molecular flexibility index (Phi) is 5.00. The summed E-state index contributed by atoms with van der Waals surface area (Å²) in [6.07, 6.45) is 5.08. The molecule has 0 radical (unpaired) electrons. The highest BCUT2D eigenvalue weighted by molar-refractivity contribution is 5.94. The molecule has 0 aromatic carbocycles. The van der Waals surface area contributed by atoms with E-state index in [1.807, 2.05) is 0 Å². The molecule has 1 aliphatic rings. The van der Waals surface area contributed by atoms with Crippen LogP contribution >= 0.6 is 0 Å². The van der Waals surface area contributed by atoms with Crippen LogP contribution in [0.2, 0.25) is 0 Å². The number of amides is 1. The highest BCUT2D eigenvalue weighted by Gasteiger charge is 2.25. The van der Waals surface area contributed by atoms with Gasteiger partial charge in [0.1, 0.15) is 0 Å². The molecule has 0 spiro atoms. The van der Waals surface area contributed by atoms with E-state index in [2.05, 4.69) is 10.3 Å². The van der Waals surface area contributed by atoms with Crippen LogP contribution in [0.5, 0.6) is 0 Å². The number of hydrogen-bond acceptors (Lipinski definition) is 3. The van der Waals surface area contributed by atoms with Gasteiger partial charge in [0.05, 0.1) is 5.56 Å². The molecule has 2 N–H and O–H groups in total. The van der Waals surface area contributed by atoms with Crippen molar-refractivity contribution in [3.05, 3.63) is 29.6 Å². The summed E-state index contributed by atoms with van der Waals surface area (Å²) in [6.45, 7) is 0.465. The summed E-state index contributed by atoms with van der Waals surface area (Å²) in [5.74, 6) is -2.79. The first-order valence-electron chi connectivity index (χ1n) is 6.82. The Hall–Kier alpha value is -1.56. The van der Waals surface area contributed by atoms with E-state index in [1.54, 1.807) is 0 Å². The molecule has 1 aliphatic carbocycles. The first kappa shape index (κ1) is 14.8. The number of pyridine rings is 1. The molecule has 1 amide bonds. The molecule has 1 heterocycles. The van der Waals surface area contributed by atoms with Crippen molar-refractivity contribution in [1.29, 1.82) is 0 Å². The lowest BCUT2D eigenvalue weighted by atomic mass is 9.79. The van der Waals surface area contributed by atoms with E-state index >= 15 is 0 Å². The Balaban J connectivity index is 1.96. The van der Waals surface area contributed by atoms with Crippen molar-refractivity contribution in [2.45, 2.75) is 25.7 Å². The lowest BCUT2D eigenvalue weighted by molar-refractivity contribution is 0.0904. The van der Waals surface area contributed by atoms with Gasteiger partial charge in [-0.05, 0) is 30.7 Å². The molecule has 1 saturated carbocycles. The van der Waals surface area contributed by atoms with E-state index in [9.17, 15) is 18.7 Å². The number of hydrogen-bond donors (Lipinski definition) is 2. The monoisotopic (exact) mass is 284 g/mol. The minimum absolute atomic E-state index is 0.0960. The predicted molar refractivity (Wildman–Crippen MR) is 69.0 cm³/mol. The lowest BCUT2D eigenvalue weighted by Crippen LogP contribution is -2.35. The van der Waals surface area contributed by atoms with Gasteiger partial charge in [-0.15, -0.1) is 0 Å². The van der Waals surface area contributed by atoms with Gasteiger partial charge in [0.15, 0.2) is 5.82 Å². The van der Waals surface area contributed by atoms with Gasteiger partial charge >= 0.3 is 0 Å². The van der Waals surface area contributed by atoms with Gasteiger partial charge in [0.25, 0.3) is 5.91 Å². The van der Waals surface area contributed by atoms with E-state index in [-0.39, 0.29) is 24.0 Å². The van der Waals surface area contributed by atoms with Gasteiger partial charge in [0.2, 0.25) is 5.95 Å². The molecular weight excluding hydrogens is 266 g/mol. The third-order valence-electron chi connectivity index (χ3n) is 3.92. The van der Waals surface area contributed by atoms with Crippen molar-refractivity contribution >= 4 is 5.91 Å². The minimum atomic E-state index is -1.27. The lowest BCUT2D eigenvalue weighted by Gasteiger charge is -2.30. The van der Waals surface area contributed by atoms with E-state index in [0.29, 0.717) is 6.54 Å². The molecule has 2 unspecified atom stereocenters. The largest absolute Gasteiger partial charge is 0.396 e. The Labute approximate surface area is 116 Å². The van der Waals surface area contributed by atoms with E-state index in [1.165, 1.54) is 0 Å². The third-order valence-corrected chi connectivity index (χ3v) is 3.92. The molecule has 20 heavy (non-hydrogen) atoms. The zero-order valence-electron chi connectivity index (χ0n) is 11.1. The second-order valence-electron chi connectivity index (χ2n) is 5.16. The standard InChI is InChI=1S/C14H18F2N2O2/c15-12-11(5-6-17-13(12)16)14(20)18-7-9-3-1-2-4-10(9)8-19/h5-6,9-10,19H,1-4,7-8H2,(H,18,20). The van der Waals surface area contributed by atoms with Crippen LogP contribution in [0.3, 0.4) is 0 Å². The molecule has 2 atom stereocenters. The molecule has 1 fully saturated rings. The van der Waals surface area contributed by atoms with Crippen LogP contribution < -0.4 is 5.32 Å². The SMILES string of the molecule is O=C(NCC1CCCCC1CO)c1ccnc(F)c1F. The average Bonchev–Trinajstić information content (AvgIpc) is 2.48. The number of nitrogens with zero attached hydrogens (tertiary/aromatic N) is 1. The normalized spacial score (nSPS) is 22.6. The topological polar surface area (TPSA) is 62.2 Å². The first-order chi connectivity index (χ1) is 9.63. The van der Waals surface area contributed by atoms with Gasteiger partial charge < -0.3 is 10.4 Å². The summed E-state index contributed by atoms with van der Waals surface area (Å²) in [5, 5.41) is 11.9. The fraction of sp³-hybridized carbons (Fsp3) is 0.571. The Morgan fingerprint density at radius 2 is 2.05 bits per heavy atom. The minimum Gasteiger partial charge on any atom is -0.396 e. The van der Waals surface area contributed by atoms with Crippen molar-refractivity contribution in [3.63, 3.8) is 0 Å². The zero-order chi connectivity index (χ0) is 14.5. The number of aromatic nitrogens is 1. The summed E-state index contributed by atoms with van der Waals surface area (Å²) < 4.78 is 26.4. The fourth-order valence-corrected chi connectivity index (χ4v) is 2.71. The van der Waals surface area contributed by atoms with Crippen LogP contribution in [0.4, 0.5) is 8.78 Å². The molecule has 0 aliphatic heterocycles. The molecule has 1 aromatic rings. The van der Waals surface area contributed by atoms with E-state index in [4.69, 9.17) is 0 Å². The first-order valence-corrected chi connectivity index (χ1v) is 6.82. The van der Waals surface area contributed by atoms with Gasteiger partial charge in [-0.25, -0.2) is 9.37 Å². The summed E-state index contributed by atoms with van der Waals surface area (Å²) in [6, 6.07) is 1.15. The molecule has 0 bridgehead atoms. The fourth-order valence-electron chi connectivity index (χ4n) is 2.71. The van der Waals surface area contributed by atoms with Crippen molar-refractivity contribution in [2.75, 3.05) is 13.2 Å². The summed E-state index contributed by atoms with van der Waals surface area (Å²) in [7, 11) is 0. The molecule has 1 aromatic heterocycles. The number of halogens is 2. The number of carbonyl (C=O) groups excluding carboxylic acids is 1. The van der Waals surface area contributed by atoms with Crippen LogP contribution in [0.25, 0.3) is 0 Å². The highest BCUT2D eigenvalue weighted by Crippen LogP contribution is 2.29. The maximum Gasteiger partial charge on any atom is 0.254 e. The Morgan fingerprint density at radius 3 is 2.75 bits per heavy atom. The van der Waals surface area contributed by atoms with Crippen molar-refractivity contribution in [2.24, 2.45) is 11.8 Å². The second-order valence-corrected chi connectivity index (χ2v) is 5.16. The van der Waals surface area contributed by atoms with E-state index < -0.39 is 17.7 Å².